The van der Waals surface area contributed by atoms with Gasteiger partial charge in [0.25, 0.3) is 5.91 Å². The maximum absolute atomic E-state index is 13.9. The molecule has 4 nitrogen and oxygen atoms in total. The fraction of sp³-hybridized carbons (Fsp3) is 0.296. The number of fused-ring (bicyclic) bond motifs is 3. The quantitative estimate of drug-likeness (QED) is 0.606. The molecule has 32 heavy (non-hydrogen) atoms. The Kier molecular flexibility index (Phi) is 4.54. The van der Waals surface area contributed by atoms with Gasteiger partial charge < -0.3 is 15.0 Å². The van der Waals surface area contributed by atoms with Crippen molar-refractivity contribution < 1.29 is 13.9 Å². The maximum Gasteiger partial charge on any atom is 0.262 e. The highest BCUT2D eigenvalue weighted by Gasteiger charge is 2.56. The van der Waals surface area contributed by atoms with Crippen LogP contribution in [0.15, 0.2) is 66.7 Å². The zero-order valence-corrected chi connectivity index (χ0v) is 17.8. The van der Waals surface area contributed by atoms with E-state index >= 15 is 0 Å². The Morgan fingerprint density at radius 1 is 1.03 bits per heavy atom. The molecule has 3 aromatic carbocycles. The van der Waals surface area contributed by atoms with E-state index < -0.39 is 0 Å². The predicted molar refractivity (Wildman–Crippen MR) is 122 cm³/mol. The molecule has 2 fully saturated rings. The van der Waals surface area contributed by atoms with E-state index in [-0.39, 0.29) is 17.1 Å². The van der Waals surface area contributed by atoms with Gasteiger partial charge in [0.05, 0.1) is 17.8 Å². The van der Waals surface area contributed by atoms with Crippen LogP contribution in [0.3, 0.4) is 0 Å². The summed E-state index contributed by atoms with van der Waals surface area (Å²) in [5.74, 6) is 1.64. The lowest BCUT2D eigenvalue weighted by atomic mass is 9.87. The third-order valence-electron chi connectivity index (χ3n) is 7.30. The van der Waals surface area contributed by atoms with Gasteiger partial charge in [-0.2, -0.15) is 0 Å². The molecule has 162 valence electrons. The Morgan fingerprint density at radius 3 is 2.75 bits per heavy atom. The Balaban J connectivity index is 1.46. The molecule has 0 bridgehead atoms. The Labute approximate surface area is 187 Å². The summed E-state index contributed by atoms with van der Waals surface area (Å²) in [6, 6.07) is 20.0. The van der Waals surface area contributed by atoms with Gasteiger partial charge in [0.1, 0.15) is 11.6 Å². The zero-order valence-electron chi connectivity index (χ0n) is 17.8. The number of anilines is 1. The van der Waals surface area contributed by atoms with Crippen molar-refractivity contribution in [3.05, 3.63) is 89.2 Å². The van der Waals surface area contributed by atoms with Gasteiger partial charge in [-0.25, -0.2) is 4.39 Å². The van der Waals surface area contributed by atoms with Crippen LogP contribution in [0.4, 0.5) is 10.1 Å². The van der Waals surface area contributed by atoms with Crippen LogP contribution in [0.2, 0.25) is 0 Å². The number of para-hydroxylation sites is 3. The second-order valence-electron chi connectivity index (χ2n) is 9.12. The Bertz CT molecular complexity index is 1190. The molecule has 2 aliphatic heterocycles. The highest BCUT2D eigenvalue weighted by Crippen LogP contribution is 2.62. The number of hydrogen-bond acceptors (Lipinski definition) is 3. The van der Waals surface area contributed by atoms with Gasteiger partial charge in [-0.1, -0.05) is 36.4 Å². The SMILES string of the molecule is O=C1c2cccc(C34CCNCCC3C4)c2Oc2ccccc2N1Cc1ccc(F)cc1. The highest BCUT2D eigenvalue weighted by atomic mass is 19.1. The number of ether oxygens (including phenoxy) is 1. The number of rotatable bonds is 3. The second-order valence-corrected chi connectivity index (χ2v) is 9.12. The lowest BCUT2D eigenvalue weighted by Crippen LogP contribution is -2.29. The highest BCUT2D eigenvalue weighted by molar-refractivity contribution is 6.10. The molecule has 3 aromatic rings. The lowest BCUT2D eigenvalue weighted by Gasteiger charge is -2.22. The van der Waals surface area contributed by atoms with E-state index in [2.05, 4.69) is 11.4 Å². The Morgan fingerprint density at radius 2 is 1.88 bits per heavy atom. The number of nitrogens with zero attached hydrogens (tertiary/aromatic N) is 1. The van der Waals surface area contributed by atoms with Gasteiger partial charge in [-0.3, -0.25) is 4.79 Å². The van der Waals surface area contributed by atoms with Gasteiger partial charge in [-0.05, 0) is 74.2 Å². The first kappa shape index (κ1) is 19.5. The van der Waals surface area contributed by atoms with Gasteiger partial charge in [0.15, 0.2) is 5.75 Å². The molecule has 1 amide bonds. The first-order valence-corrected chi connectivity index (χ1v) is 11.3. The van der Waals surface area contributed by atoms with Crippen molar-refractivity contribution in [2.24, 2.45) is 5.92 Å². The monoisotopic (exact) mass is 428 g/mol. The number of hydrogen-bond donors (Lipinski definition) is 1. The van der Waals surface area contributed by atoms with Crippen LogP contribution < -0.4 is 15.0 Å². The van der Waals surface area contributed by atoms with Gasteiger partial charge in [-0.15, -0.1) is 0 Å². The van der Waals surface area contributed by atoms with E-state index in [9.17, 15) is 9.18 Å². The molecule has 5 heteroatoms. The number of nitrogens with one attached hydrogen (secondary N) is 1. The van der Waals surface area contributed by atoms with Crippen LogP contribution in [-0.2, 0) is 12.0 Å². The van der Waals surface area contributed by atoms with Crippen LogP contribution in [0.5, 0.6) is 11.5 Å². The second kappa shape index (κ2) is 7.45. The summed E-state index contributed by atoms with van der Waals surface area (Å²) < 4.78 is 20.0. The largest absolute Gasteiger partial charge is 0.454 e. The molecule has 1 saturated carbocycles. The van der Waals surface area contributed by atoms with Crippen molar-refractivity contribution in [1.29, 1.82) is 0 Å². The molecule has 1 N–H and O–H groups in total. The van der Waals surface area contributed by atoms with Crippen LogP contribution in [-0.4, -0.2) is 19.0 Å². The minimum Gasteiger partial charge on any atom is -0.454 e. The smallest absolute Gasteiger partial charge is 0.262 e. The summed E-state index contributed by atoms with van der Waals surface area (Å²) in [5, 5.41) is 3.52. The van der Waals surface area contributed by atoms with Crippen LogP contribution in [0.25, 0.3) is 0 Å². The molecular formula is C27H25FN2O2. The number of carbonyl (C=O) groups is 1. The van der Waals surface area contributed by atoms with Crippen molar-refractivity contribution in [2.45, 2.75) is 31.2 Å². The third kappa shape index (κ3) is 3.11. The molecule has 0 radical (unpaired) electrons. The number of carbonyl (C=O) groups excluding carboxylic acids is 1. The molecular weight excluding hydrogens is 403 g/mol. The summed E-state index contributed by atoms with van der Waals surface area (Å²) in [4.78, 5) is 15.6. The molecule has 6 rings (SSSR count). The summed E-state index contributed by atoms with van der Waals surface area (Å²) in [6.45, 7) is 2.39. The van der Waals surface area contributed by atoms with E-state index in [0.29, 0.717) is 29.5 Å². The van der Waals surface area contributed by atoms with Crippen LogP contribution >= 0.6 is 0 Å². The van der Waals surface area contributed by atoms with Gasteiger partial charge >= 0.3 is 0 Å². The van der Waals surface area contributed by atoms with Crippen molar-refractivity contribution in [2.75, 3.05) is 18.0 Å². The molecule has 2 unspecified atom stereocenters. The summed E-state index contributed by atoms with van der Waals surface area (Å²) in [7, 11) is 0. The average molecular weight is 429 g/mol. The number of halogens is 1. The summed E-state index contributed by atoms with van der Waals surface area (Å²) in [6.07, 6.45) is 3.38. The van der Waals surface area contributed by atoms with Gasteiger partial charge in [0.2, 0.25) is 0 Å². The topological polar surface area (TPSA) is 41.6 Å². The maximum atomic E-state index is 13.9. The normalized spacial score (nSPS) is 23.8. The molecule has 2 atom stereocenters. The molecule has 1 saturated heterocycles. The van der Waals surface area contributed by atoms with E-state index in [1.54, 1.807) is 17.0 Å². The molecule has 0 spiro atoms. The van der Waals surface area contributed by atoms with Crippen LogP contribution in [0.1, 0.15) is 40.7 Å². The van der Waals surface area contributed by atoms with Crippen molar-refractivity contribution in [3.8, 4) is 11.5 Å². The predicted octanol–water partition coefficient (Wildman–Crippen LogP) is 5.42. The summed E-state index contributed by atoms with van der Waals surface area (Å²) >= 11 is 0. The third-order valence-corrected chi connectivity index (χ3v) is 7.30. The van der Waals surface area contributed by atoms with Gasteiger partial charge in [0, 0.05) is 11.0 Å². The van der Waals surface area contributed by atoms with Crippen LogP contribution in [0, 0.1) is 11.7 Å². The standard InChI is InChI=1S/C27H25FN2O2/c28-20-10-8-18(9-11-20)17-30-23-6-1-2-7-24(23)32-25-21(26(30)31)4-3-5-22(25)27-13-15-29-14-12-19(27)16-27/h1-11,19,29H,12-17H2. The lowest BCUT2D eigenvalue weighted by molar-refractivity contribution is 0.0985. The van der Waals surface area contributed by atoms with E-state index in [1.165, 1.54) is 12.1 Å². The molecule has 1 aliphatic carbocycles. The minimum atomic E-state index is -0.286. The van der Waals surface area contributed by atoms with Crippen molar-refractivity contribution >= 4 is 11.6 Å². The van der Waals surface area contributed by atoms with E-state index in [0.717, 1.165) is 49.2 Å². The van der Waals surface area contributed by atoms with Crippen molar-refractivity contribution in [1.82, 2.24) is 5.32 Å². The number of benzene rings is 3. The fourth-order valence-corrected chi connectivity index (χ4v) is 5.51. The van der Waals surface area contributed by atoms with Crippen molar-refractivity contribution in [3.63, 3.8) is 0 Å². The first-order chi connectivity index (χ1) is 15.7. The fourth-order valence-electron chi connectivity index (χ4n) is 5.51. The zero-order chi connectivity index (χ0) is 21.7. The Hall–Kier alpha value is -3.18. The summed E-state index contributed by atoms with van der Waals surface area (Å²) in [5.41, 5.74) is 3.45. The molecule has 0 aromatic heterocycles. The van der Waals surface area contributed by atoms with E-state index in [1.807, 2.05) is 36.4 Å². The molecule has 3 aliphatic rings. The average Bonchev–Trinajstić information content (AvgIpc) is 3.55. The number of amides is 1. The molecule has 2 heterocycles. The first-order valence-electron chi connectivity index (χ1n) is 11.3. The van der Waals surface area contributed by atoms with E-state index in [4.69, 9.17) is 4.74 Å². The minimum absolute atomic E-state index is 0.0866.